The molecular formula is C17H15F3. The molecule has 20 heavy (non-hydrogen) atoms. The minimum absolute atomic E-state index is 0.142. The molecule has 3 rings (SSSR count). The van der Waals surface area contributed by atoms with Gasteiger partial charge in [-0.05, 0) is 24.5 Å². The highest BCUT2D eigenvalue weighted by Gasteiger charge is 2.71. The molecule has 0 unspecified atom stereocenters. The molecule has 0 aromatic heterocycles. The van der Waals surface area contributed by atoms with E-state index in [1.807, 2.05) is 31.2 Å². The van der Waals surface area contributed by atoms with Gasteiger partial charge >= 0.3 is 6.18 Å². The van der Waals surface area contributed by atoms with E-state index in [2.05, 4.69) is 0 Å². The van der Waals surface area contributed by atoms with E-state index < -0.39 is 17.5 Å². The largest absolute Gasteiger partial charge is 0.399 e. The second-order valence-corrected chi connectivity index (χ2v) is 5.50. The molecule has 0 amide bonds. The molecule has 104 valence electrons. The van der Waals surface area contributed by atoms with Crippen LogP contribution in [0.2, 0.25) is 0 Å². The molecule has 0 nitrogen and oxygen atoms in total. The Hall–Kier alpha value is -1.77. The van der Waals surface area contributed by atoms with Crippen LogP contribution in [0.1, 0.15) is 29.0 Å². The van der Waals surface area contributed by atoms with Gasteiger partial charge in [0.1, 0.15) is 0 Å². The number of hydrogen-bond acceptors (Lipinski definition) is 0. The Morgan fingerprint density at radius 2 is 1.55 bits per heavy atom. The minimum atomic E-state index is -4.22. The summed E-state index contributed by atoms with van der Waals surface area (Å²) in [4.78, 5) is 0. The molecule has 0 saturated heterocycles. The van der Waals surface area contributed by atoms with Crippen LogP contribution in [0.3, 0.4) is 0 Å². The molecule has 2 atom stereocenters. The van der Waals surface area contributed by atoms with Crippen LogP contribution in [-0.2, 0) is 5.41 Å². The van der Waals surface area contributed by atoms with E-state index in [0.717, 1.165) is 11.1 Å². The van der Waals surface area contributed by atoms with Crippen molar-refractivity contribution in [1.82, 2.24) is 0 Å². The van der Waals surface area contributed by atoms with Crippen molar-refractivity contribution in [2.45, 2.75) is 30.9 Å². The molecular weight excluding hydrogens is 261 g/mol. The molecule has 1 fully saturated rings. The third-order valence-electron chi connectivity index (χ3n) is 4.24. The summed E-state index contributed by atoms with van der Waals surface area (Å²) < 4.78 is 40.8. The lowest BCUT2D eigenvalue weighted by atomic mass is 9.90. The lowest BCUT2D eigenvalue weighted by molar-refractivity contribution is -0.162. The van der Waals surface area contributed by atoms with Gasteiger partial charge in [-0.1, -0.05) is 60.2 Å². The normalized spacial score (nSPS) is 25.5. The van der Waals surface area contributed by atoms with Gasteiger partial charge in [-0.2, -0.15) is 13.2 Å². The van der Waals surface area contributed by atoms with Crippen molar-refractivity contribution in [3.05, 3.63) is 71.3 Å². The zero-order chi connectivity index (χ0) is 14.4. The average molecular weight is 276 g/mol. The number of benzene rings is 2. The Morgan fingerprint density at radius 1 is 0.950 bits per heavy atom. The van der Waals surface area contributed by atoms with Crippen molar-refractivity contribution in [2.75, 3.05) is 0 Å². The molecule has 0 radical (unpaired) electrons. The predicted octanol–water partition coefficient (Wildman–Crippen LogP) is 4.98. The number of rotatable bonds is 2. The fourth-order valence-corrected chi connectivity index (χ4v) is 3.00. The quantitative estimate of drug-likeness (QED) is 0.725. The Kier molecular flexibility index (Phi) is 2.89. The van der Waals surface area contributed by atoms with Gasteiger partial charge in [0.2, 0.25) is 0 Å². The molecule has 1 aliphatic carbocycles. The second-order valence-electron chi connectivity index (χ2n) is 5.50. The zero-order valence-electron chi connectivity index (χ0n) is 11.1. The van der Waals surface area contributed by atoms with E-state index in [9.17, 15) is 13.2 Å². The molecule has 0 N–H and O–H groups in total. The van der Waals surface area contributed by atoms with Crippen LogP contribution >= 0.6 is 0 Å². The van der Waals surface area contributed by atoms with Gasteiger partial charge in [-0.25, -0.2) is 0 Å². The van der Waals surface area contributed by atoms with E-state index >= 15 is 0 Å². The summed E-state index contributed by atoms with van der Waals surface area (Å²) in [6.45, 7) is 1.94. The summed E-state index contributed by atoms with van der Waals surface area (Å²) in [7, 11) is 0. The monoisotopic (exact) mass is 276 g/mol. The Bertz CT molecular complexity index is 598. The topological polar surface area (TPSA) is 0 Å². The third-order valence-corrected chi connectivity index (χ3v) is 4.24. The summed E-state index contributed by atoms with van der Waals surface area (Å²) in [6.07, 6.45) is -4.08. The van der Waals surface area contributed by atoms with Crippen LogP contribution in [0.5, 0.6) is 0 Å². The molecule has 0 aliphatic heterocycles. The molecule has 2 aromatic rings. The second kappa shape index (κ2) is 4.37. The van der Waals surface area contributed by atoms with Gasteiger partial charge in [-0.3, -0.25) is 0 Å². The lowest BCUT2D eigenvalue weighted by Crippen LogP contribution is -2.30. The maximum absolute atomic E-state index is 13.6. The number of hydrogen-bond donors (Lipinski definition) is 0. The first kappa shape index (κ1) is 13.2. The van der Waals surface area contributed by atoms with E-state index in [1.54, 1.807) is 30.3 Å². The maximum atomic E-state index is 13.6. The number of aryl methyl sites for hydroxylation is 1. The Labute approximate surface area is 116 Å². The predicted molar refractivity (Wildman–Crippen MR) is 72.7 cm³/mol. The fraction of sp³-hybridized carbons (Fsp3) is 0.294. The van der Waals surface area contributed by atoms with Gasteiger partial charge < -0.3 is 0 Å². The van der Waals surface area contributed by atoms with E-state index in [-0.39, 0.29) is 6.42 Å². The van der Waals surface area contributed by atoms with Gasteiger partial charge in [0.15, 0.2) is 0 Å². The summed E-state index contributed by atoms with van der Waals surface area (Å²) in [5.41, 5.74) is 0.505. The molecule has 2 aromatic carbocycles. The average Bonchev–Trinajstić information content (AvgIpc) is 3.17. The van der Waals surface area contributed by atoms with E-state index in [1.165, 1.54) is 0 Å². The van der Waals surface area contributed by atoms with Crippen LogP contribution in [-0.4, -0.2) is 6.18 Å². The molecule has 1 aliphatic rings. The summed E-state index contributed by atoms with van der Waals surface area (Å²) in [5.74, 6) is -0.467. The highest BCUT2D eigenvalue weighted by atomic mass is 19.4. The third kappa shape index (κ3) is 1.92. The summed E-state index contributed by atoms with van der Waals surface area (Å²) in [5, 5.41) is 0. The highest BCUT2D eigenvalue weighted by molar-refractivity contribution is 5.45. The highest BCUT2D eigenvalue weighted by Crippen LogP contribution is 2.67. The zero-order valence-corrected chi connectivity index (χ0v) is 11.1. The SMILES string of the molecule is Cc1ccc([C@@H]2C[C@@]2(c2ccccc2)C(F)(F)F)cc1. The Morgan fingerprint density at radius 3 is 2.10 bits per heavy atom. The van der Waals surface area contributed by atoms with Crippen LogP contribution in [0.4, 0.5) is 13.2 Å². The standard InChI is InChI=1S/C17H15F3/c1-12-7-9-13(10-8-12)15-11-16(15,17(18,19)20)14-5-3-2-4-6-14/h2-10,15H,11H2,1H3/t15-,16-/m0/s1. The molecule has 1 saturated carbocycles. The van der Waals surface area contributed by atoms with Gasteiger partial charge in [0.05, 0.1) is 5.41 Å². The van der Waals surface area contributed by atoms with Crippen molar-refractivity contribution < 1.29 is 13.2 Å². The van der Waals surface area contributed by atoms with Crippen molar-refractivity contribution in [2.24, 2.45) is 0 Å². The summed E-state index contributed by atoms with van der Waals surface area (Å²) in [6, 6.07) is 15.6. The fourth-order valence-electron chi connectivity index (χ4n) is 3.00. The minimum Gasteiger partial charge on any atom is -0.170 e. The number of halogens is 3. The lowest BCUT2D eigenvalue weighted by Gasteiger charge is -2.22. The molecule has 0 bridgehead atoms. The van der Waals surface area contributed by atoms with E-state index in [0.29, 0.717) is 5.56 Å². The van der Waals surface area contributed by atoms with Crippen molar-refractivity contribution in [1.29, 1.82) is 0 Å². The Balaban J connectivity index is 2.02. The van der Waals surface area contributed by atoms with Crippen LogP contribution in [0, 0.1) is 6.92 Å². The molecule has 0 spiro atoms. The van der Waals surface area contributed by atoms with Crippen molar-refractivity contribution >= 4 is 0 Å². The first-order valence-electron chi connectivity index (χ1n) is 6.64. The smallest absolute Gasteiger partial charge is 0.170 e. The van der Waals surface area contributed by atoms with Crippen molar-refractivity contribution in [3.8, 4) is 0 Å². The molecule has 0 heterocycles. The maximum Gasteiger partial charge on any atom is 0.399 e. The van der Waals surface area contributed by atoms with Gasteiger partial charge in [-0.15, -0.1) is 0 Å². The van der Waals surface area contributed by atoms with Crippen LogP contribution < -0.4 is 0 Å². The van der Waals surface area contributed by atoms with E-state index in [4.69, 9.17) is 0 Å². The van der Waals surface area contributed by atoms with Gasteiger partial charge in [0.25, 0.3) is 0 Å². The first-order valence-corrected chi connectivity index (χ1v) is 6.64. The number of alkyl halides is 3. The van der Waals surface area contributed by atoms with Crippen molar-refractivity contribution in [3.63, 3.8) is 0 Å². The van der Waals surface area contributed by atoms with Crippen LogP contribution in [0.25, 0.3) is 0 Å². The molecule has 3 heteroatoms. The first-order chi connectivity index (χ1) is 9.45. The van der Waals surface area contributed by atoms with Crippen LogP contribution in [0.15, 0.2) is 54.6 Å². The summed E-state index contributed by atoms with van der Waals surface area (Å²) >= 11 is 0. The van der Waals surface area contributed by atoms with Gasteiger partial charge in [0, 0.05) is 5.92 Å².